The van der Waals surface area contributed by atoms with Gasteiger partial charge in [0.25, 0.3) is 0 Å². The molecule has 0 unspecified atom stereocenters. The van der Waals surface area contributed by atoms with Crippen molar-refractivity contribution in [2.75, 3.05) is 25.4 Å². The lowest BCUT2D eigenvalue weighted by atomic mass is 10.1. The van der Waals surface area contributed by atoms with E-state index in [9.17, 15) is 9.90 Å². The van der Waals surface area contributed by atoms with E-state index in [2.05, 4.69) is 23.7 Å². The minimum Gasteiger partial charge on any atom is -0.477 e. The molecule has 5 nitrogen and oxygen atoms in total. The van der Waals surface area contributed by atoms with Gasteiger partial charge in [0, 0.05) is 24.2 Å². The number of rotatable bonds is 7. The molecule has 1 heterocycles. The molecule has 22 heavy (non-hydrogen) atoms. The number of aromatic nitrogens is 1. The highest BCUT2D eigenvalue weighted by Crippen LogP contribution is 2.29. The lowest BCUT2D eigenvalue weighted by Gasteiger charge is -2.16. The number of nitrogens with zero attached hydrogens (tertiary/aromatic N) is 2. The number of carbonyl (C=O) groups is 1. The van der Waals surface area contributed by atoms with Crippen LogP contribution in [-0.4, -0.2) is 40.6 Å². The second-order valence-electron chi connectivity index (χ2n) is 4.99. The fraction of sp³-hybridized carbons (Fsp3) is 0.375. The Hall–Kier alpha value is -1.92. The number of carboxylic acids is 1. The van der Waals surface area contributed by atoms with Gasteiger partial charge in [-0.25, -0.2) is 9.78 Å². The van der Waals surface area contributed by atoms with E-state index in [1.807, 2.05) is 12.1 Å². The zero-order chi connectivity index (χ0) is 16.1. The molecule has 0 fully saturated rings. The van der Waals surface area contributed by atoms with E-state index in [0.717, 1.165) is 36.6 Å². The predicted octanol–water partition coefficient (Wildman–Crippen LogP) is 2.97. The molecule has 0 radical (unpaired) electrons. The van der Waals surface area contributed by atoms with Gasteiger partial charge in [0.15, 0.2) is 0 Å². The molecule has 0 aliphatic heterocycles. The van der Waals surface area contributed by atoms with Crippen LogP contribution in [0.2, 0.25) is 0 Å². The summed E-state index contributed by atoms with van der Waals surface area (Å²) in [6.45, 7) is 7.08. The first kappa shape index (κ1) is 16.5. The quantitative estimate of drug-likeness (QED) is 0.767. The zero-order valence-corrected chi connectivity index (χ0v) is 13.7. The van der Waals surface area contributed by atoms with Gasteiger partial charge in [0.1, 0.15) is 4.88 Å². The first-order valence-corrected chi connectivity index (χ1v) is 8.18. The van der Waals surface area contributed by atoms with Crippen LogP contribution in [0.5, 0.6) is 0 Å². The monoisotopic (exact) mass is 319 g/mol. The highest BCUT2D eigenvalue weighted by molar-refractivity contribution is 7.14. The third kappa shape index (κ3) is 3.84. The van der Waals surface area contributed by atoms with Gasteiger partial charge in [-0.3, -0.25) is 0 Å². The van der Waals surface area contributed by atoms with Crippen LogP contribution in [0.4, 0.5) is 5.69 Å². The maximum Gasteiger partial charge on any atom is 0.348 e. The number of hydrogen-bond donors (Lipinski definition) is 2. The number of hydrogen-bond acceptors (Lipinski definition) is 5. The molecule has 1 aromatic heterocycles. The Balaban J connectivity index is 2.28. The van der Waals surface area contributed by atoms with Gasteiger partial charge in [-0.05, 0) is 25.2 Å². The standard InChI is InChI=1S/C16H21N3O2S/c1-3-19(4-2)9-8-13-18-14(15(22-13)16(20)21)11-6-5-7-12(17)10-11/h5-7,10H,3-4,8-9,17H2,1-2H3,(H,20,21). The molecule has 3 N–H and O–H groups in total. The summed E-state index contributed by atoms with van der Waals surface area (Å²) in [4.78, 5) is 18.6. The smallest absolute Gasteiger partial charge is 0.348 e. The van der Waals surface area contributed by atoms with Crippen LogP contribution in [0.3, 0.4) is 0 Å². The van der Waals surface area contributed by atoms with Crippen LogP contribution in [0.1, 0.15) is 28.5 Å². The maximum absolute atomic E-state index is 11.5. The Bertz CT molecular complexity index is 651. The summed E-state index contributed by atoms with van der Waals surface area (Å²) in [6.07, 6.45) is 0.759. The van der Waals surface area contributed by atoms with Gasteiger partial charge in [0.2, 0.25) is 0 Å². The summed E-state index contributed by atoms with van der Waals surface area (Å²) < 4.78 is 0. The number of carboxylic acid groups (broad SMARTS) is 1. The minimum absolute atomic E-state index is 0.278. The minimum atomic E-state index is -0.941. The second-order valence-corrected chi connectivity index (χ2v) is 6.08. The fourth-order valence-electron chi connectivity index (χ4n) is 2.29. The van der Waals surface area contributed by atoms with E-state index >= 15 is 0 Å². The molecule has 0 saturated carbocycles. The molecule has 6 heteroatoms. The molecule has 2 rings (SSSR count). The lowest BCUT2D eigenvalue weighted by molar-refractivity contribution is 0.0702. The Labute approximate surface area is 134 Å². The topological polar surface area (TPSA) is 79.5 Å². The maximum atomic E-state index is 11.5. The Kier molecular flexibility index (Phi) is 5.51. The predicted molar refractivity (Wildman–Crippen MR) is 90.4 cm³/mol. The van der Waals surface area contributed by atoms with Crippen molar-refractivity contribution in [3.8, 4) is 11.3 Å². The van der Waals surface area contributed by atoms with Crippen molar-refractivity contribution in [3.63, 3.8) is 0 Å². The van der Waals surface area contributed by atoms with E-state index < -0.39 is 5.97 Å². The van der Waals surface area contributed by atoms with Crippen molar-refractivity contribution in [3.05, 3.63) is 34.2 Å². The van der Waals surface area contributed by atoms with Gasteiger partial charge in [-0.2, -0.15) is 0 Å². The van der Waals surface area contributed by atoms with E-state index in [1.54, 1.807) is 12.1 Å². The van der Waals surface area contributed by atoms with Gasteiger partial charge >= 0.3 is 5.97 Å². The van der Waals surface area contributed by atoms with Gasteiger partial charge in [-0.1, -0.05) is 26.0 Å². The third-order valence-corrected chi connectivity index (χ3v) is 4.67. The average molecular weight is 319 g/mol. The molecule has 2 aromatic rings. The number of nitrogen functional groups attached to an aromatic ring is 1. The van der Waals surface area contributed by atoms with Crippen molar-refractivity contribution in [1.82, 2.24) is 9.88 Å². The largest absolute Gasteiger partial charge is 0.477 e. The number of aromatic carboxylic acids is 1. The number of benzene rings is 1. The number of likely N-dealkylation sites (N-methyl/N-ethyl adjacent to an activating group) is 1. The first-order chi connectivity index (χ1) is 10.5. The van der Waals surface area contributed by atoms with E-state index in [1.165, 1.54) is 11.3 Å². The number of nitrogens with two attached hydrogens (primary N) is 1. The molecular weight excluding hydrogens is 298 g/mol. The molecule has 0 aliphatic carbocycles. The highest BCUT2D eigenvalue weighted by atomic mass is 32.1. The summed E-state index contributed by atoms with van der Waals surface area (Å²) in [5, 5.41) is 10.3. The zero-order valence-electron chi connectivity index (χ0n) is 12.9. The van der Waals surface area contributed by atoms with Crippen molar-refractivity contribution < 1.29 is 9.90 Å². The van der Waals surface area contributed by atoms with E-state index in [0.29, 0.717) is 11.4 Å². The SMILES string of the molecule is CCN(CC)CCc1nc(-c2cccc(N)c2)c(C(=O)O)s1. The Morgan fingerprint density at radius 1 is 1.36 bits per heavy atom. The summed E-state index contributed by atoms with van der Waals surface area (Å²) in [7, 11) is 0. The Morgan fingerprint density at radius 3 is 2.68 bits per heavy atom. The van der Waals surface area contributed by atoms with Gasteiger partial charge < -0.3 is 15.7 Å². The molecular formula is C16H21N3O2S. The molecule has 0 atom stereocenters. The molecule has 0 saturated heterocycles. The van der Waals surface area contributed by atoms with E-state index in [-0.39, 0.29) is 4.88 Å². The van der Waals surface area contributed by atoms with Crippen LogP contribution in [0.15, 0.2) is 24.3 Å². The van der Waals surface area contributed by atoms with Gasteiger partial charge in [-0.15, -0.1) is 11.3 Å². The van der Waals surface area contributed by atoms with Crippen LogP contribution >= 0.6 is 11.3 Å². The lowest BCUT2D eigenvalue weighted by Crippen LogP contribution is -2.25. The van der Waals surface area contributed by atoms with Crippen LogP contribution in [0, 0.1) is 0 Å². The summed E-state index contributed by atoms with van der Waals surface area (Å²) in [5.74, 6) is -0.941. The third-order valence-electron chi connectivity index (χ3n) is 3.56. The average Bonchev–Trinajstić information content (AvgIpc) is 2.93. The first-order valence-electron chi connectivity index (χ1n) is 7.36. The number of anilines is 1. The summed E-state index contributed by atoms with van der Waals surface area (Å²) in [6, 6.07) is 7.19. The van der Waals surface area contributed by atoms with Crippen LogP contribution in [0.25, 0.3) is 11.3 Å². The normalized spacial score (nSPS) is 11.0. The molecule has 0 amide bonds. The fourth-order valence-corrected chi connectivity index (χ4v) is 3.20. The molecule has 0 bridgehead atoms. The molecule has 0 aliphatic rings. The highest BCUT2D eigenvalue weighted by Gasteiger charge is 2.19. The molecule has 1 aromatic carbocycles. The molecule has 0 spiro atoms. The van der Waals surface area contributed by atoms with Crippen molar-refractivity contribution in [2.24, 2.45) is 0 Å². The van der Waals surface area contributed by atoms with Crippen molar-refractivity contribution in [2.45, 2.75) is 20.3 Å². The van der Waals surface area contributed by atoms with Crippen LogP contribution in [-0.2, 0) is 6.42 Å². The van der Waals surface area contributed by atoms with E-state index in [4.69, 9.17) is 5.73 Å². The Morgan fingerprint density at radius 2 is 2.09 bits per heavy atom. The second kappa shape index (κ2) is 7.38. The van der Waals surface area contributed by atoms with Crippen molar-refractivity contribution in [1.29, 1.82) is 0 Å². The summed E-state index contributed by atoms with van der Waals surface area (Å²) in [5.41, 5.74) is 7.65. The molecule has 118 valence electrons. The van der Waals surface area contributed by atoms with Gasteiger partial charge in [0.05, 0.1) is 10.7 Å². The number of thiazole rings is 1. The summed E-state index contributed by atoms with van der Waals surface area (Å²) >= 11 is 1.25. The van der Waals surface area contributed by atoms with Crippen molar-refractivity contribution >= 4 is 23.0 Å². The van der Waals surface area contributed by atoms with Crippen LogP contribution < -0.4 is 5.73 Å².